The van der Waals surface area contributed by atoms with Crippen LogP contribution in [0.2, 0.25) is 0 Å². The third-order valence-electron chi connectivity index (χ3n) is 3.15. The Bertz CT molecular complexity index is 468. The van der Waals surface area contributed by atoms with Crippen molar-refractivity contribution < 1.29 is 9.84 Å². The van der Waals surface area contributed by atoms with Crippen LogP contribution >= 0.6 is 24.0 Å². The zero-order valence-electron chi connectivity index (χ0n) is 10.8. The van der Waals surface area contributed by atoms with Gasteiger partial charge >= 0.3 is 0 Å². The topological polar surface area (TPSA) is 58.7 Å². The minimum atomic E-state index is -0.147. The van der Waals surface area contributed by atoms with E-state index in [1.54, 1.807) is 11.8 Å². The average molecular weight is 298 g/mol. The maximum atomic E-state index is 9.23. The Morgan fingerprint density at radius 2 is 2.42 bits per heavy atom. The van der Waals surface area contributed by atoms with Crippen LogP contribution in [0.4, 0.5) is 5.69 Å². The summed E-state index contributed by atoms with van der Waals surface area (Å²) in [6, 6.07) is 6.05. The van der Waals surface area contributed by atoms with Crippen LogP contribution < -0.4 is 10.6 Å². The number of thioether (sulfide) groups is 1. The predicted molar refractivity (Wildman–Crippen MR) is 83.1 cm³/mol. The lowest BCUT2D eigenvalue weighted by atomic mass is 10.1. The van der Waals surface area contributed by atoms with Crippen LogP contribution in [0.25, 0.3) is 0 Å². The van der Waals surface area contributed by atoms with Crippen LogP contribution in [0.5, 0.6) is 0 Å². The molecule has 0 aliphatic carbocycles. The van der Waals surface area contributed by atoms with E-state index in [1.807, 2.05) is 24.5 Å². The molecular formula is C13H18N2O2S2. The number of morpholine rings is 1. The van der Waals surface area contributed by atoms with Gasteiger partial charge in [0.15, 0.2) is 0 Å². The van der Waals surface area contributed by atoms with E-state index in [4.69, 9.17) is 22.7 Å². The monoisotopic (exact) mass is 298 g/mol. The number of aliphatic hydroxyl groups excluding tert-OH is 1. The largest absolute Gasteiger partial charge is 0.394 e. The van der Waals surface area contributed by atoms with Crippen molar-refractivity contribution in [3.05, 3.63) is 23.8 Å². The van der Waals surface area contributed by atoms with Gasteiger partial charge in [0.05, 0.1) is 19.3 Å². The standard InChI is InChI=1S/C13H18N2O2S2/c1-19-11-4-2-3-10(12(11)13(14)18)15-5-6-17-9(7-15)8-16/h2-4,9,16H,5-8H2,1H3,(H2,14,18). The van der Waals surface area contributed by atoms with Gasteiger partial charge in [0.25, 0.3) is 0 Å². The van der Waals surface area contributed by atoms with Crippen molar-refractivity contribution in [3.63, 3.8) is 0 Å². The molecule has 2 rings (SSSR count). The van der Waals surface area contributed by atoms with Crippen LogP contribution in [0.3, 0.4) is 0 Å². The smallest absolute Gasteiger partial charge is 0.107 e. The van der Waals surface area contributed by atoms with E-state index < -0.39 is 0 Å². The molecule has 1 aromatic rings. The number of anilines is 1. The van der Waals surface area contributed by atoms with Gasteiger partial charge in [0.1, 0.15) is 4.99 Å². The van der Waals surface area contributed by atoms with E-state index in [9.17, 15) is 5.11 Å². The number of ether oxygens (including phenoxy) is 1. The zero-order chi connectivity index (χ0) is 13.8. The SMILES string of the molecule is CSc1cccc(N2CCOC(CO)C2)c1C(N)=S. The first-order chi connectivity index (χ1) is 9.17. The molecule has 4 nitrogen and oxygen atoms in total. The van der Waals surface area contributed by atoms with E-state index in [0.29, 0.717) is 18.1 Å². The van der Waals surface area contributed by atoms with Gasteiger partial charge in [-0.3, -0.25) is 0 Å². The molecule has 19 heavy (non-hydrogen) atoms. The molecule has 1 aliphatic heterocycles. The highest BCUT2D eigenvalue weighted by molar-refractivity contribution is 7.98. The van der Waals surface area contributed by atoms with Crippen molar-refractivity contribution in [3.8, 4) is 0 Å². The second kappa shape index (κ2) is 6.56. The van der Waals surface area contributed by atoms with E-state index in [-0.39, 0.29) is 12.7 Å². The van der Waals surface area contributed by atoms with E-state index in [1.165, 1.54) is 0 Å². The van der Waals surface area contributed by atoms with Gasteiger partial charge in [0, 0.05) is 29.2 Å². The van der Waals surface area contributed by atoms with Gasteiger partial charge in [-0.25, -0.2) is 0 Å². The lowest BCUT2D eigenvalue weighted by Gasteiger charge is -2.35. The molecule has 0 saturated carbocycles. The molecule has 0 spiro atoms. The van der Waals surface area contributed by atoms with Gasteiger partial charge in [-0.15, -0.1) is 11.8 Å². The highest BCUT2D eigenvalue weighted by atomic mass is 32.2. The molecule has 1 fully saturated rings. The molecule has 0 radical (unpaired) electrons. The first-order valence-electron chi connectivity index (χ1n) is 6.11. The quantitative estimate of drug-likeness (QED) is 0.644. The number of thiocarbonyl (C=S) groups is 1. The Morgan fingerprint density at radius 1 is 1.63 bits per heavy atom. The molecule has 1 aliphatic rings. The molecular weight excluding hydrogens is 280 g/mol. The molecule has 3 N–H and O–H groups in total. The van der Waals surface area contributed by atoms with E-state index in [2.05, 4.69) is 4.90 Å². The molecule has 1 saturated heterocycles. The molecule has 1 heterocycles. The summed E-state index contributed by atoms with van der Waals surface area (Å²) in [5, 5.41) is 9.23. The molecule has 0 bridgehead atoms. The fourth-order valence-electron chi connectivity index (χ4n) is 2.25. The Hall–Kier alpha value is -0.820. The van der Waals surface area contributed by atoms with Gasteiger partial charge in [-0.05, 0) is 18.4 Å². The first kappa shape index (κ1) is 14.6. The first-order valence-corrected chi connectivity index (χ1v) is 7.75. The van der Waals surface area contributed by atoms with Crippen molar-refractivity contribution in [2.75, 3.05) is 37.5 Å². The summed E-state index contributed by atoms with van der Waals surface area (Å²) in [6.45, 7) is 2.07. The summed E-state index contributed by atoms with van der Waals surface area (Å²) in [6.07, 6.45) is 1.86. The van der Waals surface area contributed by atoms with Crippen molar-refractivity contribution in [1.82, 2.24) is 0 Å². The second-order valence-electron chi connectivity index (χ2n) is 4.34. The fourth-order valence-corrected chi connectivity index (χ4v) is 3.16. The number of hydrogen-bond acceptors (Lipinski definition) is 5. The van der Waals surface area contributed by atoms with Crippen LogP contribution in [0, 0.1) is 0 Å². The van der Waals surface area contributed by atoms with Crippen molar-refractivity contribution in [2.24, 2.45) is 5.73 Å². The summed E-state index contributed by atoms with van der Waals surface area (Å²) in [5.41, 5.74) is 7.82. The highest BCUT2D eigenvalue weighted by Gasteiger charge is 2.23. The lowest BCUT2D eigenvalue weighted by Crippen LogP contribution is -2.44. The summed E-state index contributed by atoms with van der Waals surface area (Å²) in [5.74, 6) is 0. The van der Waals surface area contributed by atoms with Crippen molar-refractivity contribution >= 4 is 34.7 Å². The molecule has 0 aromatic heterocycles. The second-order valence-corrected chi connectivity index (χ2v) is 5.63. The van der Waals surface area contributed by atoms with Crippen LogP contribution in [-0.4, -0.2) is 48.8 Å². The van der Waals surface area contributed by atoms with Gasteiger partial charge in [-0.1, -0.05) is 18.3 Å². The Morgan fingerprint density at radius 3 is 3.05 bits per heavy atom. The van der Waals surface area contributed by atoms with Gasteiger partial charge in [0.2, 0.25) is 0 Å². The maximum Gasteiger partial charge on any atom is 0.107 e. The van der Waals surface area contributed by atoms with E-state index >= 15 is 0 Å². The van der Waals surface area contributed by atoms with Crippen molar-refractivity contribution in [2.45, 2.75) is 11.0 Å². The van der Waals surface area contributed by atoms with Gasteiger partial charge < -0.3 is 20.5 Å². The average Bonchev–Trinajstić information content (AvgIpc) is 2.46. The third-order valence-corrected chi connectivity index (χ3v) is 4.14. The minimum Gasteiger partial charge on any atom is -0.394 e. The molecule has 6 heteroatoms. The predicted octanol–water partition coefficient (Wildman–Crippen LogP) is 1.24. The number of rotatable bonds is 4. The van der Waals surface area contributed by atoms with Crippen LogP contribution in [-0.2, 0) is 4.74 Å². The summed E-state index contributed by atoms with van der Waals surface area (Å²) in [4.78, 5) is 3.67. The highest BCUT2D eigenvalue weighted by Crippen LogP contribution is 2.30. The summed E-state index contributed by atoms with van der Waals surface area (Å²) in [7, 11) is 0. The van der Waals surface area contributed by atoms with Crippen LogP contribution in [0.15, 0.2) is 23.1 Å². The maximum absolute atomic E-state index is 9.23. The minimum absolute atomic E-state index is 0.0289. The number of nitrogens with two attached hydrogens (primary N) is 1. The number of benzene rings is 1. The Labute approximate surface area is 122 Å². The molecule has 104 valence electrons. The fraction of sp³-hybridized carbons (Fsp3) is 0.462. The Balaban J connectivity index is 2.35. The van der Waals surface area contributed by atoms with E-state index in [0.717, 1.165) is 22.7 Å². The van der Waals surface area contributed by atoms with Crippen LogP contribution in [0.1, 0.15) is 5.56 Å². The summed E-state index contributed by atoms with van der Waals surface area (Å²) >= 11 is 6.82. The van der Waals surface area contributed by atoms with Crippen molar-refractivity contribution in [1.29, 1.82) is 0 Å². The number of aliphatic hydroxyl groups is 1. The molecule has 1 atom stereocenters. The molecule has 1 aromatic carbocycles. The normalized spacial score (nSPS) is 19.5. The summed E-state index contributed by atoms with van der Waals surface area (Å²) < 4.78 is 5.47. The number of nitrogens with zero attached hydrogens (tertiary/aromatic N) is 1. The zero-order valence-corrected chi connectivity index (χ0v) is 12.5. The Kier molecular flexibility index (Phi) is 5.04. The molecule has 0 amide bonds. The molecule has 1 unspecified atom stereocenters. The van der Waals surface area contributed by atoms with Gasteiger partial charge in [-0.2, -0.15) is 0 Å². The lowest BCUT2D eigenvalue weighted by molar-refractivity contribution is 0.00355. The number of hydrogen-bond donors (Lipinski definition) is 2. The third kappa shape index (κ3) is 3.20.